The number of quaternary nitrogens is 1. The normalized spacial score (nSPS) is 21.3. The van der Waals surface area contributed by atoms with E-state index in [9.17, 15) is 9.59 Å². The fourth-order valence-electron chi connectivity index (χ4n) is 2.51. The van der Waals surface area contributed by atoms with Gasteiger partial charge < -0.3 is 9.47 Å². The topological polar surface area (TPSA) is 94.5 Å². The number of amides is 2. The van der Waals surface area contributed by atoms with Crippen molar-refractivity contribution >= 4 is 23.7 Å². The molecular formula is C13H18N5O4+. The summed E-state index contributed by atoms with van der Waals surface area (Å²) in [5.74, 6) is -0.0829. The van der Waals surface area contributed by atoms with Crippen LogP contribution in [0.15, 0.2) is 0 Å². The summed E-state index contributed by atoms with van der Waals surface area (Å²) in [6, 6.07) is 0.0957. The molecule has 0 bridgehead atoms. The quantitative estimate of drug-likeness (QED) is 0.549. The number of likely N-dealkylation sites (N-methyl/N-ethyl adjacent to an activating group) is 1. The van der Waals surface area contributed by atoms with Gasteiger partial charge in [0, 0.05) is 12.8 Å². The number of morpholine rings is 1. The number of carbonyl (C=O) groups excluding carboxylic acids is 2. The molecule has 0 N–H and O–H groups in total. The zero-order valence-corrected chi connectivity index (χ0v) is 12.6. The zero-order valence-electron chi connectivity index (χ0n) is 12.6. The van der Waals surface area contributed by atoms with Crippen molar-refractivity contribution in [3.8, 4) is 6.01 Å². The van der Waals surface area contributed by atoms with Gasteiger partial charge in [-0.3, -0.25) is 14.1 Å². The molecule has 22 heavy (non-hydrogen) atoms. The van der Waals surface area contributed by atoms with Crippen molar-refractivity contribution < 1.29 is 19.1 Å². The standard InChI is InChI=1S/C13H18N5O4/c1-18(5-7-22-8-6-18)12-14-11(15-13(16-12)21-2)17-9(19)3-4-10(17)20/h3-8H2,1-2H3/q+1. The van der Waals surface area contributed by atoms with Crippen LogP contribution in [0.25, 0.3) is 0 Å². The van der Waals surface area contributed by atoms with Gasteiger partial charge >= 0.3 is 12.0 Å². The Labute approximate surface area is 127 Å². The van der Waals surface area contributed by atoms with Crippen LogP contribution in [0.4, 0.5) is 11.9 Å². The van der Waals surface area contributed by atoms with Crippen LogP contribution in [0, 0.1) is 0 Å². The molecule has 2 amide bonds. The summed E-state index contributed by atoms with van der Waals surface area (Å²) in [4.78, 5) is 37.5. The van der Waals surface area contributed by atoms with Gasteiger partial charge in [0.25, 0.3) is 0 Å². The molecular weight excluding hydrogens is 290 g/mol. The largest absolute Gasteiger partial charge is 0.467 e. The second-order valence-corrected chi connectivity index (χ2v) is 5.50. The van der Waals surface area contributed by atoms with E-state index < -0.39 is 0 Å². The monoisotopic (exact) mass is 308 g/mol. The van der Waals surface area contributed by atoms with E-state index in [1.54, 1.807) is 0 Å². The molecule has 2 saturated heterocycles. The highest BCUT2D eigenvalue weighted by atomic mass is 16.5. The van der Waals surface area contributed by atoms with Crippen molar-refractivity contribution in [1.82, 2.24) is 19.4 Å². The van der Waals surface area contributed by atoms with Gasteiger partial charge in [0.15, 0.2) is 0 Å². The molecule has 9 nitrogen and oxygen atoms in total. The van der Waals surface area contributed by atoms with Gasteiger partial charge in [0.1, 0.15) is 13.1 Å². The minimum Gasteiger partial charge on any atom is -0.467 e. The molecule has 0 saturated carbocycles. The molecule has 0 unspecified atom stereocenters. The number of hydrogen-bond donors (Lipinski definition) is 0. The summed E-state index contributed by atoms with van der Waals surface area (Å²) in [6.45, 7) is 2.60. The smallest absolute Gasteiger partial charge is 0.336 e. The molecule has 2 aliphatic heterocycles. The fraction of sp³-hybridized carbons (Fsp3) is 0.615. The molecule has 2 fully saturated rings. The SMILES string of the molecule is COc1nc(N2C(=O)CCC2=O)nc([N+]2(C)CCOCC2)n1. The molecule has 0 spiro atoms. The van der Waals surface area contributed by atoms with Gasteiger partial charge in [0.05, 0.1) is 27.4 Å². The fourth-order valence-corrected chi connectivity index (χ4v) is 2.51. The van der Waals surface area contributed by atoms with Crippen molar-refractivity contribution in [1.29, 1.82) is 0 Å². The minimum absolute atomic E-state index is 0.0418. The third kappa shape index (κ3) is 2.53. The number of ether oxygens (including phenoxy) is 2. The van der Waals surface area contributed by atoms with Gasteiger partial charge in [-0.1, -0.05) is 0 Å². The molecule has 0 atom stereocenters. The molecule has 3 rings (SSSR count). The maximum atomic E-state index is 11.9. The molecule has 1 aromatic heterocycles. The maximum absolute atomic E-state index is 11.9. The first-order valence-electron chi connectivity index (χ1n) is 7.12. The predicted molar refractivity (Wildman–Crippen MR) is 76.4 cm³/mol. The number of carbonyl (C=O) groups is 2. The van der Waals surface area contributed by atoms with Crippen molar-refractivity contribution in [3.05, 3.63) is 0 Å². The number of nitrogens with zero attached hydrogens (tertiary/aromatic N) is 5. The predicted octanol–water partition coefficient (Wildman–Crippen LogP) is -0.499. The third-order valence-electron chi connectivity index (χ3n) is 3.97. The average molecular weight is 308 g/mol. The maximum Gasteiger partial charge on any atom is 0.336 e. The van der Waals surface area contributed by atoms with Crippen molar-refractivity contribution in [2.75, 3.05) is 45.4 Å². The highest BCUT2D eigenvalue weighted by Gasteiger charge is 2.37. The summed E-state index contributed by atoms with van der Waals surface area (Å²) in [5.41, 5.74) is 0. The van der Waals surface area contributed by atoms with Crippen molar-refractivity contribution in [3.63, 3.8) is 0 Å². The number of rotatable bonds is 3. The first kappa shape index (κ1) is 14.8. The molecule has 0 aromatic carbocycles. The molecule has 0 radical (unpaired) electrons. The third-order valence-corrected chi connectivity index (χ3v) is 3.97. The number of anilines is 1. The highest BCUT2D eigenvalue weighted by molar-refractivity contribution is 6.18. The number of hydrogen-bond acceptors (Lipinski definition) is 7. The van der Waals surface area contributed by atoms with E-state index in [-0.39, 0.29) is 36.6 Å². The number of methoxy groups -OCH3 is 1. The lowest BCUT2D eigenvalue weighted by Gasteiger charge is -2.34. The summed E-state index contributed by atoms with van der Waals surface area (Å²) >= 11 is 0. The Bertz CT molecular complexity index is 598. The van der Waals surface area contributed by atoms with Crippen LogP contribution in [0.1, 0.15) is 12.8 Å². The van der Waals surface area contributed by atoms with E-state index in [1.165, 1.54) is 7.11 Å². The van der Waals surface area contributed by atoms with Gasteiger partial charge in [0.2, 0.25) is 17.8 Å². The molecule has 9 heteroatoms. The van der Waals surface area contributed by atoms with Crippen LogP contribution in [-0.2, 0) is 14.3 Å². The summed E-state index contributed by atoms with van der Waals surface area (Å²) < 4.78 is 10.9. The van der Waals surface area contributed by atoms with E-state index in [0.717, 1.165) is 4.90 Å². The Morgan fingerprint density at radius 2 is 1.73 bits per heavy atom. The molecule has 1 aromatic rings. The van der Waals surface area contributed by atoms with Crippen LogP contribution in [0.3, 0.4) is 0 Å². The van der Waals surface area contributed by atoms with E-state index in [2.05, 4.69) is 15.0 Å². The van der Waals surface area contributed by atoms with Crippen LogP contribution in [-0.4, -0.2) is 67.2 Å². The van der Waals surface area contributed by atoms with Crippen LogP contribution >= 0.6 is 0 Å². The van der Waals surface area contributed by atoms with Gasteiger partial charge in [-0.05, 0) is 0 Å². The lowest BCUT2D eigenvalue weighted by atomic mass is 10.4. The van der Waals surface area contributed by atoms with Crippen LogP contribution in [0.2, 0.25) is 0 Å². The zero-order chi connectivity index (χ0) is 15.7. The van der Waals surface area contributed by atoms with Gasteiger partial charge in [-0.25, -0.2) is 4.90 Å². The van der Waals surface area contributed by atoms with Gasteiger partial charge in [-0.15, -0.1) is 9.97 Å². The molecule has 0 aliphatic carbocycles. The average Bonchev–Trinajstić information content (AvgIpc) is 2.86. The summed E-state index contributed by atoms with van der Waals surface area (Å²) in [7, 11) is 3.42. The summed E-state index contributed by atoms with van der Waals surface area (Å²) in [6.07, 6.45) is 0.365. The number of imide groups is 1. The second kappa shape index (κ2) is 5.58. The Morgan fingerprint density at radius 3 is 2.32 bits per heavy atom. The van der Waals surface area contributed by atoms with E-state index in [4.69, 9.17) is 9.47 Å². The number of aromatic nitrogens is 3. The summed E-state index contributed by atoms with van der Waals surface area (Å²) in [5, 5.41) is 0. The Balaban J connectivity index is 2.03. The van der Waals surface area contributed by atoms with Crippen LogP contribution in [0.5, 0.6) is 6.01 Å². The Morgan fingerprint density at radius 1 is 1.09 bits per heavy atom. The lowest BCUT2D eigenvalue weighted by Crippen LogP contribution is -2.54. The van der Waals surface area contributed by atoms with Crippen molar-refractivity contribution in [2.45, 2.75) is 12.8 Å². The van der Waals surface area contributed by atoms with E-state index >= 15 is 0 Å². The van der Waals surface area contributed by atoms with Crippen LogP contribution < -0.4 is 14.1 Å². The molecule has 118 valence electrons. The Kier molecular flexibility index (Phi) is 3.75. The minimum atomic E-state index is -0.297. The highest BCUT2D eigenvalue weighted by Crippen LogP contribution is 2.25. The van der Waals surface area contributed by atoms with E-state index in [1.807, 2.05) is 7.05 Å². The molecule has 3 heterocycles. The van der Waals surface area contributed by atoms with Crippen molar-refractivity contribution in [2.24, 2.45) is 0 Å². The lowest BCUT2D eigenvalue weighted by molar-refractivity contribution is -0.121. The second-order valence-electron chi connectivity index (χ2n) is 5.50. The Hall–Kier alpha value is -2.13. The van der Waals surface area contributed by atoms with Gasteiger partial charge in [-0.2, -0.15) is 4.98 Å². The first-order valence-corrected chi connectivity index (χ1v) is 7.12. The molecule has 2 aliphatic rings. The van der Waals surface area contributed by atoms with E-state index in [0.29, 0.717) is 36.7 Å². The first-order chi connectivity index (χ1) is 10.5.